The first-order valence-electron chi connectivity index (χ1n) is 6.11. The molecular weight excluding hydrogens is 248 g/mol. The van der Waals surface area contributed by atoms with Gasteiger partial charge >= 0.3 is 5.97 Å². The Morgan fingerprint density at radius 3 is 2.84 bits per heavy atom. The van der Waals surface area contributed by atoms with Gasteiger partial charge in [0.2, 0.25) is 5.91 Å². The van der Waals surface area contributed by atoms with Gasteiger partial charge in [0.1, 0.15) is 5.76 Å². The molecule has 0 saturated carbocycles. The highest BCUT2D eigenvalue weighted by molar-refractivity contribution is 5.78. The number of nitrogens with one attached hydrogen (secondary N) is 1. The molecule has 1 unspecified atom stereocenters. The molecule has 0 bridgehead atoms. The van der Waals surface area contributed by atoms with E-state index < -0.39 is 0 Å². The molecule has 6 nitrogen and oxygen atoms in total. The molecule has 0 aliphatic carbocycles. The number of furan rings is 1. The van der Waals surface area contributed by atoms with E-state index in [-0.39, 0.29) is 37.4 Å². The van der Waals surface area contributed by atoms with Crippen LogP contribution in [0.2, 0.25) is 0 Å². The van der Waals surface area contributed by atoms with Crippen LogP contribution in [0.5, 0.6) is 0 Å². The van der Waals surface area contributed by atoms with Crippen LogP contribution in [0, 0.1) is 0 Å². The topological polar surface area (TPSA) is 71.8 Å². The summed E-state index contributed by atoms with van der Waals surface area (Å²) in [6.07, 6.45) is 1.79. The second-order valence-corrected chi connectivity index (χ2v) is 4.28. The van der Waals surface area contributed by atoms with Crippen molar-refractivity contribution in [3.8, 4) is 0 Å². The summed E-state index contributed by atoms with van der Waals surface area (Å²) in [5.74, 6) is 0.340. The van der Waals surface area contributed by atoms with Crippen molar-refractivity contribution in [1.29, 1.82) is 0 Å². The lowest BCUT2D eigenvalue weighted by Gasteiger charge is -2.22. The maximum Gasteiger partial charge on any atom is 0.307 e. The zero-order valence-electron chi connectivity index (χ0n) is 11.5. The van der Waals surface area contributed by atoms with Crippen LogP contribution < -0.4 is 5.32 Å². The summed E-state index contributed by atoms with van der Waals surface area (Å²) in [6, 6.07) is 3.70. The molecule has 0 aromatic carbocycles. The second kappa shape index (κ2) is 7.58. The van der Waals surface area contributed by atoms with E-state index in [0.29, 0.717) is 0 Å². The number of carbonyl (C=O) groups is 2. The van der Waals surface area contributed by atoms with Crippen molar-refractivity contribution in [3.05, 3.63) is 24.2 Å². The minimum atomic E-state index is -0.336. The van der Waals surface area contributed by atoms with Gasteiger partial charge in [-0.2, -0.15) is 0 Å². The van der Waals surface area contributed by atoms with Crippen molar-refractivity contribution < 1.29 is 18.7 Å². The number of ether oxygens (including phenoxy) is 1. The third-order valence-electron chi connectivity index (χ3n) is 2.89. The lowest BCUT2D eigenvalue weighted by Crippen LogP contribution is -2.37. The van der Waals surface area contributed by atoms with Gasteiger partial charge in [0, 0.05) is 6.54 Å². The third kappa shape index (κ3) is 5.13. The number of methoxy groups -OCH3 is 1. The number of likely N-dealkylation sites (N-methyl/N-ethyl adjacent to an activating group) is 1. The molecule has 19 heavy (non-hydrogen) atoms. The van der Waals surface area contributed by atoms with Gasteiger partial charge in [0.05, 0.1) is 32.4 Å². The Labute approximate surface area is 112 Å². The summed E-state index contributed by atoms with van der Waals surface area (Å²) >= 11 is 0. The summed E-state index contributed by atoms with van der Waals surface area (Å²) in [4.78, 5) is 24.4. The van der Waals surface area contributed by atoms with Gasteiger partial charge in [-0.25, -0.2) is 0 Å². The fraction of sp³-hybridized carbons (Fsp3) is 0.538. The van der Waals surface area contributed by atoms with E-state index in [1.165, 1.54) is 7.11 Å². The highest BCUT2D eigenvalue weighted by atomic mass is 16.5. The minimum absolute atomic E-state index is 0.0151. The summed E-state index contributed by atoms with van der Waals surface area (Å²) in [7, 11) is 3.16. The van der Waals surface area contributed by atoms with Gasteiger partial charge in [0.25, 0.3) is 0 Å². The fourth-order valence-corrected chi connectivity index (χ4v) is 1.57. The molecule has 0 radical (unpaired) electrons. The molecule has 0 aliphatic heterocycles. The van der Waals surface area contributed by atoms with Crippen LogP contribution in [0.25, 0.3) is 0 Å². The maximum atomic E-state index is 11.7. The van der Waals surface area contributed by atoms with E-state index in [1.54, 1.807) is 6.26 Å². The first-order valence-corrected chi connectivity index (χ1v) is 6.11. The highest BCUT2D eigenvalue weighted by Gasteiger charge is 2.16. The SMILES string of the molecule is COC(=O)CCNC(=O)CN(C)C(C)c1ccco1. The molecule has 1 N–H and O–H groups in total. The van der Waals surface area contributed by atoms with Crippen molar-refractivity contribution in [2.24, 2.45) is 0 Å². The molecule has 1 atom stereocenters. The van der Waals surface area contributed by atoms with E-state index in [4.69, 9.17) is 4.42 Å². The van der Waals surface area contributed by atoms with E-state index in [0.717, 1.165) is 5.76 Å². The Kier molecular flexibility index (Phi) is 6.08. The average Bonchev–Trinajstić information content (AvgIpc) is 2.91. The molecule has 6 heteroatoms. The van der Waals surface area contributed by atoms with Gasteiger partial charge in [0.15, 0.2) is 0 Å². The average molecular weight is 268 g/mol. The Morgan fingerprint density at radius 2 is 2.26 bits per heavy atom. The zero-order valence-corrected chi connectivity index (χ0v) is 11.5. The Hall–Kier alpha value is -1.82. The van der Waals surface area contributed by atoms with Gasteiger partial charge < -0.3 is 14.5 Å². The third-order valence-corrected chi connectivity index (χ3v) is 2.89. The summed E-state index contributed by atoms with van der Waals surface area (Å²) in [5, 5.41) is 2.67. The summed E-state index contributed by atoms with van der Waals surface area (Å²) in [6.45, 7) is 2.48. The Balaban J connectivity index is 2.30. The van der Waals surface area contributed by atoms with E-state index in [9.17, 15) is 9.59 Å². The molecule has 1 amide bonds. The van der Waals surface area contributed by atoms with Gasteiger partial charge in [-0.15, -0.1) is 0 Å². The van der Waals surface area contributed by atoms with Crippen molar-refractivity contribution >= 4 is 11.9 Å². The maximum absolute atomic E-state index is 11.7. The van der Waals surface area contributed by atoms with E-state index >= 15 is 0 Å². The number of hydrogen-bond donors (Lipinski definition) is 1. The number of hydrogen-bond acceptors (Lipinski definition) is 5. The number of nitrogens with zero attached hydrogens (tertiary/aromatic N) is 1. The first kappa shape index (κ1) is 15.2. The molecule has 1 aromatic heterocycles. The largest absolute Gasteiger partial charge is 0.469 e. The van der Waals surface area contributed by atoms with Crippen molar-refractivity contribution in [3.63, 3.8) is 0 Å². The fourth-order valence-electron chi connectivity index (χ4n) is 1.57. The molecule has 1 aromatic rings. The normalized spacial score (nSPS) is 12.2. The minimum Gasteiger partial charge on any atom is -0.469 e. The Bertz CT molecular complexity index is 403. The molecule has 106 valence electrons. The number of amides is 1. The molecule has 0 saturated heterocycles. The second-order valence-electron chi connectivity index (χ2n) is 4.28. The zero-order chi connectivity index (χ0) is 14.3. The predicted molar refractivity (Wildman–Crippen MR) is 69.4 cm³/mol. The Morgan fingerprint density at radius 1 is 1.53 bits per heavy atom. The molecule has 0 fully saturated rings. The van der Waals surface area contributed by atoms with Crippen LogP contribution in [0.3, 0.4) is 0 Å². The van der Waals surface area contributed by atoms with Gasteiger partial charge in [-0.1, -0.05) is 0 Å². The van der Waals surface area contributed by atoms with Crippen LogP contribution in [-0.4, -0.2) is 44.0 Å². The van der Waals surface area contributed by atoms with Crippen LogP contribution >= 0.6 is 0 Å². The van der Waals surface area contributed by atoms with Crippen LogP contribution in [0.1, 0.15) is 25.1 Å². The number of esters is 1. The van der Waals surface area contributed by atoms with Crippen molar-refractivity contribution in [2.75, 3.05) is 27.2 Å². The standard InChI is InChI=1S/C13H20N2O4/c1-10(11-5-4-8-19-11)15(2)9-12(16)14-7-6-13(17)18-3/h4-5,8,10H,6-7,9H2,1-3H3,(H,14,16). The summed E-state index contributed by atoms with van der Waals surface area (Å²) < 4.78 is 9.78. The number of carbonyl (C=O) groups excluding carboxylic acids is 2. The van der Waals surface area contributed by atoms with Crippen LogP contribution in [0.4, 0.5) is 0 Å². The van der Waals surface area contributed by atoms with Crippen LogP contribution in [0.15, 0.2) is 22.8 Å². The molecule has 1 heterocycles. The quantitative estimate of drug-likeness (QED) is 0.745. The highest BCUT2D eigenvalue weighted by Crippen LogP contribution is 2.18. The van der Waals surface area contributed by atoms with Gasteiger partial charge in [-0.3, -0.25) is 14.5 Å². The predicted octanol–water partition coefficient (Wildman–Crippen LogP) is 0.952. The lowest BCUT2D eigenvalue weighted by molar-refractivity contribution is -0.140. The monoisotopic (exact) mass is 268 g/mol. The molecule has 0 spiro atoms. The van der Waals surface area contributed by atoms with E-state index in [1.807, 2.05) is 31.0 Å². The molecule has 1 rings (SSSR count). The van der Waals surface area contributed by atoms with Gasteiger partial charge in [-0.05, 0) is 26.1 Å². The lowest BCUT2D eigenvalue weighted by atomic mass is 10.2. The van der Waals surface area contributed by atoms with Crippen molar-refractivity contribution in [1.82, 2.24) is 10.2 Å². The first-order chi connectivity index (χ1) is 9.04. The van der Waals surface area contributed by atoms with Crippen molar-refractivity contribution in [2.45, 2.75) is 19.4 Å². The number of rotatable bonds is 7. The smallest absolute Gasteiger partial charge is 0.307 e. The summed E-state index contributed by atoms with van der Waals surface area (Å²) in [5.41, 5.74) is 0. The van der Waals surface area contributed by atoms with Crippen LogP contribution in [-0.2, 0) is 14.3 Å². The van der Waals surface area contributed by atoms with E-state index in [2.05, 4.69) is 10.1 Å². The molecular formula is C13H20N2O4. The molecule has 0 aliphatic rings.